The smallest absolute Gasteiger partial charge is 0.251 e. The molecule has 20 heavy (non-hydrogen) atoms. The van der Waals surface area contributed by atoms with Gasteiger partial charge in [-0.3, -0.25) is 19.4 Å². The highest BCUT2D eigenvalue weighted by Gasteiger charge is 2.19. The van der Waals surface area contributed by atoms with Crippen molar-refractivity contribution in [1.29, 1.82) is 0 Å². The van der Waals surface area contributed by atoms with Crippen LogP contribution in [0, 0.1) is 0 Å². The number of hydrogen-bond donors (Lipinski definition) is 1. The van der Waals surface area contributed by atoms with Gasteiger partial charge in [0.1, 0.15) is 5.69 Å². The number of aromatic nitrogens is 1. The number of anilines is 1. The molecular formula is C15H12N2O3. The molecule has 5 nitrogen and oxygen atoms in total. The van der Waals surface area contributed by atoms with Crippen LogP contribution in [0.1, 0.15) is 27.8 Å². The van der Waals surface area contributed by atoms with Crippen molar-refractivity contribution < 1.29 is 14.4 Å². The van der Waals surface area contributed by atoms with E-state index in [2.05, 4.69) is 10.3 Å². The highest BCUT2D eigenvalue weighted by Crippen LogP contribution is 2.13. The van der Waals surface area contributed by atoms with Gasteiger partial charge in [-0.15, -0.1) is 0 Å². The van der Waals surface area contributed by atoms with Crippen molar-refractivity contribution in [2.24, 2.45) is 0 Å². The quantitative estimate of drug-likeness (QED) is 0.680. The van der Waals surface area contributed by atoms with Gasteiger partial charge in [0.2, 0.25) is 11.7 Å². The summed E-state index contributed by atoms with van der Waals surface area (Å²) in [6.07, 6.45) is 1.45. The predicted octanol–water partition coefficient (Wildman–Crippen LogP) is 2.11. The van der Waals surface area contributed by atoms with E-state index in [0.717, 1.165) is 0 Å². The second-order valence-electron chi connectivity index (χ2n) is 4.14. The Labute approximate surface area is 115 Å². The van der Waals surface area contributed by atoms with E-state index in [1.807, 2.05) is 0 Å². The third-order valence-corrected chi connectivity index (χ3v) is 2.55. The van der Waals surface area contributed by atoms with E-state index in [-0.39, 0.29) is 17.2 Å². The summed E-state index contributed by atoms with van der Waals surface area (Å²) in [6.45, 7) is 1.37. The zero-order chi connectivity index (χ0) is 14.5. The standard InChI is InChI=1S/C15H12N2O3/c1-10(18)17-12-6-4-5-11(9-12)14(19)15(20)13-7-2-3-8-16-13/h2-9H,1H3,(H,17,18). The molecule has 0 aliphatic rings. The van der Waals surface area contributed by atoms with Crippen LogP contribution in [0.2, 0.25) is 0 Å². The van der Waals surface area contributed by atoms with E-state index in [1.165, 1.54) is 31.3 Å². The molecule has 0 atom stereocenters. The molecule has 0 radical (unpaired) electrons. The molecule has 2 aromatic rings. The SMILES string of the molecule is CC(=O)Nc1cccc(C(=O)C(=O)c2ccccn2)c1. The summed E-state index contributed by atoms with van der Waals surface area (Å²) in [7, 11) is 0. The maximum Gasteiger partial charge on any atom is 0.251 e. The predicted molar refractivity (Wildman–Crippen MR) is 73.6 cm³/mol. The Morgan fingerprint density at radius 2 is 1.80 bits per heavy atom. The number of amides is 1. The second-order valence-corrected chi connectivity index (χ2v) is 4.14. The number of pyridine rings is 1. The Kier molecular flexibility index (Phi) is 4.00. The number of rotatable bonds is 4. The van der Waals surface area contributed by atoms with E-state index >= 15 is 0 Å². The fourth-order valence-electron chi connectivity index (χ4n) is 1.69. The fourth-order valence-corrected chi connectivity index (χ4v) is 1.69. The molecule has 1 heterocycles. The first-order valence-electron chi connectivity index (χ1n) is 5.95. The summed E-state index contributed by atoms with van der Waals surface area (Å²) in [5.41, 5.74) is 0.784. The van der Waals surface area contributed by atoms with Gasteiger partial charge in [-0.05, 0) is 24.3 Å². The lowest BCUT2D eigenvalue weighted by Crippen LogP contribution is -2.16. The Morgan fingerprint density at radius 3 is 2.45 bits per heavy atom. The summed E-state index contributed by atoms with van der Waals surface area (Å²) in [5, 5.41) is 2.56. The van der Waals surface area contributed by atoms with Crippen LogP contribution in [-0.4, -0.2) is 22.5 Å². The Morgan fingerprint density at radius 1 is 1.00 bits per heavy atom. The van der Waals surface area contributed by atoms with Gasteiger partial charge in [0, 0.05) is 24.4 Å². The van der Waals surface area contributed by atoms with Crippen molar-refractivity contribution in [2.75, 3.05) is 5.32 Å². The topological polar surface area (TPSA) is 76.1 Å². The molecule has 0 spiro atoms. The summed E-state index contributed by atoms with van der Waals surface area (Å²) in [6, 6.07) is 11.0. The van der Waals surface area contributed by atoms with Crippen LogP contribution in [0.3, 0.4) is 0 Å². The number of carbonyl (C=O) groups excluding carboxylic acids is 3. The van der Waals surface area contributed by atoms with Crippen LogP contribution in [0.15, 0.2) is 48.7 Å². The second kappa shape index (κ2) is 5.88. The third kappa shape index (κ3) is 3.14. The van der Waals surface area contributed by atoms with Crippen molar-refractivity contribution in [2.45, 2.75) is 6.92 Å². The molecule has 1 amide bonds. The highest BCUT2D eigenvalue weighted by molar-refractivity contribution is 6.48. The van der Waals surface area contributed by atoms with Gasteiger partial charge in [0.15, 0.2) is 0 Å². The average Bonchev–Trinajstić information content (AvgIpc) is 2.46. The van der Waals surface area contributed by atoms with E-state index in [1.54, 1.807) is 24.3 Å². The number of nitrogens with zero attached hydrogens (tertiary/aromatic N) is 1. The summed E-state index contributed by atoms with van der Waals surface area (Å²) < 4.78 is 0. The third-order valence-electron chi connectivity index (χ3n) is 2.55. The number of Topliss-reactive ketones (excluding diaryl/α,β-unsaturated/α-hetero) is 2. The number of hydrogen-bond acceptors (Lipinski definition) is 4. The lowest BCUT2D eigenvalue weighted by molar-refractivity contribution is -0.114. The zero-order valence-corrected chi connectivity index (χ0v) is 10.8. The molecule has 0 saturated carbocycles. The fraction of sp³-hybridized carbons (Fsp3) is 0.0667. The lowest BCUT2D eigenvalue weighted by Gasteiger charge is -2.04. The molecule has 0 fully saturated rings. The van der Waals surface area contributed by atoms with Crippen LogP contribution >= 0.6 is 0 Å². The van der Waals surface area contributed by atoms with Gasteiger partial charge in [-0.2, -0.15) is 0 Å². The normalized spacial score (nSPS) is 9.85. The largest absolute Gasteiger partial charge is 0.326 e. The average molecular weight is 268 g/mol. The minimum Gasteiger partial charge on any atom is -0.326 e. The Balaban J connectivity index is 2.25. The zero-order valence-electron chi connectivity index (χ0n) is 10.8. The maximum absolute atomic E-state index is 12.1. The molecule has 0 bridgehead atoms. The van der Waals surface area contributed by atoms with Crippen molar-refractivity contribution in [1.82, 2.24) is 4.98 Å². The molecule has 0 aliphatic carbocycles. The Bertz CT molecular complexity index is 666. The molecule has 5 heteroatoms. The van der Waals surface area contributed by atoms with Crippen molar-refractivity contribution in [3.05, 3.63) is 59.9 Å². The first kappa shape index (κ1) is 13.6. The summed E-state index contributed by atoms with van der Waals surface area (Å²) in [5.74, 6) is -1.58. The number of carbonyl (C=O) groups is 3. The molecule has 0 unspecified atom stereocenters. The van der Waals surface area contributed by atoms with Crippen LogP contribution in [0.4, 0.5) is 5.69 Å². The van der Waals surface area contributed by atoms with Crippen LogP contribution < -0.4 is 5.32 Å². The first-order valence-corrected chi connectivity index (χ1v) is 5.95. The lowest BCUT2D eigenvalue weighted by atomic mass is 10.0. The monoisotopic (exact) mass is 268 g/mol. The van der Waals surface area contributed by atoms with Crippen molar-refractivity contribution >= 4 is 23.2 Å². The maximum atomic E-state index is 12.1. The van der Waals surface area contributed by atoms with Gasteiger partial charge in [-0.25, -0.2) is 0 Å². The Hall–Kier alpha value is -2.82. The van der Waals surface area contributed by atoms with Gasteiger partial charge in [-0.1, -0.05) is 18.2 Å². The van der Waals surface area contributed by atoms with Crippen molar-refractivity contribution in [3.63, 3.8) is 0 Å². The molecule has 0 saturated heterocycles. The van der Waals surface area contributed by atoms with E-state index in [4.69, 9.17) is 0 Å². The van der Waals surface area contributed by atoms with Crippen LogP contribution in [0.5, 0.6) is 0 Å². The minimum atomic E-state index is -0.675. The van der Waals surface area contributed by atoms with Crippen LogP contribution in [-0.2, 0) is 4.79 Å². The van der Waals surface area contributed by atoms with E-state index in [0.29, 0.717) is 5.69 Å². The van der Waals surface area contributed by atoms with Crippen LogP contribution in [0.25, 0.3) is 0 Å². The van der Waals surface area contributed by atoms with Gasteiger partial charge < -0.3 is 5.32 Å². The van der Waals surface area contributed by atoms with E-state index < -0.39 is 11.6 Å². The number of nitrogens with one attached hydrogen (secondary N) is 1. The molecule has 0 aliphatic heterocycles. The van der Waals surface area contributed by atoms with E-state index in [9.17, 15) is 14.4 Å². The minimum absolute atomic E-state index is 0.0995. The first-order chi connectivity index (χ1) is 9.58. The molecule has 1 aromatic carbocycles. The van der Waals surface area contributed by atoms with Gasteiger partial charge >= 0.3 is 0 Å². The molecule has 2 rings (SSSR count). The summed E-state index contributed by atoms with van der Waals surface area (Å²) >= 11 is 0. The molecule has 1 N–H and O–H groups in total. The highest BCUT2D eigenvalue weighted by atomic mass is 16.2. The summed E-state index contributed by atoms with van der Waals surface area (Å²) in [4.78, 5) is 38.9. The molecule has 1 aromatic heterocycles. The number of benzene rings is 1. The number of ketones is 2. The van der Waals surface area contributed by atoms with Gasteiger partial charge in [0.25, 0.3) is 5.78 Å². The van der Waals surface area contributed by atoms with Crippen molar-refractivity contribution in [3.8, 4) is 0 Å². The van der Waals surface area contributed by atoms with Gasteiger partial charge in [0.05, 0.1) is 0 Å². The molecule has 100 valence electrons. The molecular weight excluding hydrogens is 256 g/mol.